The Morgan fingerprint density at radius 2 is 2.38 bits per heavy atom. The lowest BCUT2D eigenvalue weighted by Gasteiger charge is -2.29. The first-order valence-corrected chi connectivity index (χ1v) is 5.09. The standard InChI is InChI=1S/C10H20N2O/c1-8(11)3-4-9-5-6-10(13)12(2)7-9/h8-9H,3-7,11H2,1-2H3. The van der Waals surface area contributed by atoms with Crippen molar-refractivity contribution in [3.8, 4) is 0 Å². The van der Waals surface area contributed by atoms with Crippen LogP contribution in [0, 0.1) is 5.92 Å². The molecule has 1 aliphatic heterocycles. The van der Waals surface area contributed by atoms with E-state index in [9.17, 15) is 4.79 Å². The first-order valence-electron chi connectivity index (χ1n) is 5.09. The van der Waals surface area contributed by atoms with Gasteiger partial charge in [-0.25, -0.2) is 0 Å². The van der Waals surface area contributed by atoms with Crippen LogP contribution in [0.3, 0.4) is 0 Å². The van der Waals surface area contributed by atoms with E-state index in [2.05, 4.69) is 0 Å². The molecule has 0 aromatic carbocycles. The number of carbonyl (C=O) groups is 1. The topological polar surface area (TPSA) is 46.3 Å². The van der Waals surface area contributed by atoms with E-state index in [1.54, 1.807) is 0 Å². The summed E-state index contributed by atoms with van der Waals surface area (Å²) in [5, 5.41) is 0. The van der Waals surface area contributed by atoms with Crippen LogP contribution in [0.1, 0.15) is 32.6 Å². The van der Waals surface area contributed by atoms with Crippen LogP contribution < -0.4 is 5.73 Å². The molecule has 3 nitrogen and oxygen atoms in total. The Morgan fingerprint density at radius 1 is 1.69 bits per heavy atom. The zero-order valence-corrected chi connectivity index (χ0v) is 8.62. The van der Waals surface area contributed by atoms with Gasteiger partial charge in [0, 0.05) is 26.1 Å². The summed E-state index contributed by atoms with van der Waals surface area (Å²) in [5.41, 5.74) is 5.69. The highest BCUT2D eigenvalue weighted by atomic mass is 16.2. The number of hydrogen-bond acceptors (Lipinski definition) is 2. The molecule has 1 saturated heterocycles. The summed E-state index contributed by atoms with van der Waals surface area (Å²) >= 11 is 0. The fraction of sp³-hybridized carbons (Fsp3) is 0.900. The van der Waals surface area contributed by atoms with Crippen LogP contribution >= 0.6 is 0 Å². The molecular weight excluding hydrogens is 164 g/mol. The quantitative estimate of drug-likeness (QED) is 0.710. The van der Waals surface area contributed by atoms with Gasteiger partial charge in [0.1, 0.15) is 0 Å². The van der Waals surface area contributed by atoms with Gasteiger partial charge in [0.2, 0.25) is 5.91 Å². The van der Waals surface area contributed by atoms with Crippen molar-refractivity contribution in [2.75, 3.05) is 13.6 Å². The van der Waals surface area contributed by atoms with Crippen LogP contribution in [0.15, 0.2) is 0 Å². The van der Waals surface area contributed by atoms with Gasteiger partial charge in [-0.05, 0) is 32.1 Å². The van der Waals surface area contributed by atoms with Gasteiger partial charge < -0.3 is 10.6 Å². The summed E-state index contributed by atoms with van der Waals surface area (Å²) in [4.78, 5) is 13.0. The summed E-state index contributed by atoms with van der Waals surface area (Å²) in [5.74, 6) is 0.964. The fourth-order valence-corrected chi connectivity index (χ4v) is 1.83. The first-order chi connectivity index (χ1) is 6.09. The van der Waals surface area contributed by atoms with Crippen LogP contribution in [0.5, 0.6) is 0 Å². The van der Waals surface area contributed by atoms with Crippen LogP contribution in [0.4, 0.5) is 0 Å². The van der Waals surface area contributed by atoms with Gasteiger partial charge in [0.25, 0.3) is 0 Å². The second-order valence-electron chi connectivity index (χ2n) is 4.23. The van der Waals surface area contributed by atoms with Crippen molar-refractivity contribution in [2.45, 2.75) is 38.6 Å². The van der Waals surface area contributed by atoms with E-state index in [0.717, 1.165) is 32.2 Å². The van der Waals surface area contributed by atoms with E-state index in [-0.39, 0.29) is 5.91 Å². The van der Waals surface area contributed by atoms with Gasteiger partial charge in [-0.1, -0.05) is 0 Å². The Kier molecular flexibility index (Phi) is 3.72. The molecule has 1 fully saturated rings. The predicted octanol–water partition coefficient (Wildman–Crippen LogP) is 0.982. The monoisotopic (exact) mass is 184 g/mol. The maximum atomic E-state index is 11.2. The van der Waals surface area contributed by atoms with E-state index in [1.165, 1.54) is 0 Å². The summed E-state index contributed by atoms with van der Waals surface area (Å²) in [6, 6.07) is 0.294. The average molecular weight is 184 g/mol. The second kappa shape index (κ2) is 4.61. The number of amides is 1. The molecule has 0 aromatic rings. The molecule has 2 atom stereocenters. The van der Waals surface area contributed by atoms with E-state index in [4.69, 9.17) is 5.73 Å². The zero-order valence-electron chi connectivity index (χ0n) is 8.62. The minimum atomic E-state index is 0.289. The minimum Gasteiger partial charge on any atom is -0.345 e. The highest BCUT2D eigenvalue weighted by molar-refractivity contribution is 5.76. The number of nitrogens with zero attached hydrogens (tertiary/aromatic N) is 1. The Bertz CT molecular complexity index is 180. The molecule has 13 heavy (non-hydrogen) atoms. The highest BCUT2D eigenvalue weighted by Crippen LogP contribution is 2.20. The molecule has 0 saturated carbocycles. The van der Waals surface area contributed by atoms with Gasteiger partial charge in [-0.3, -0.25) is 4.79 Å². The van der Waals surface area contributed by atoms with Gasteiger partial charge in [0.15, 0.2) is 0 Å². The molecule has 1 rings (SSSR count). The lowest BCUT2D eigenvalue weighted by atomic mass is 9.92. The molecule has 76 valence electrons. The molecule has 0 aliphatic carbocycles. The Hall–Kier alpha value is -0.570. The highest BCUT2D eigenvalue weighted by Gasteiger charge is 2.22. The predicted molar refractivity (Wildman–Crippen MR) is 53.2 cm³/mol. The molecular formula is C10H20N2O. The third-order valence-electron chi connectivity index (χ3n) is 2.75. The lowest BCUT2D eigenvalue weighted by molar-refractivity contribution is -0.133. The van der Waals surface area contributed by atoms with Gasteiger partial charge in [-0.2, -0.15) is 0 Å². The van der Waals surface area contributed by atoms with E-state index in [0.29, 0.717) is 12.0 Å². The van der Waals surface area contributed by atoms with Gasteiger partial charge in [-0.15, -0.1) is 0 Å². The SMILES string of the molecule is CC(N)CCC1CCC(=O)N(C)C1. The molecule has 0 bridgehead atoms. The number of carbonyl (C=O) groups excluding carboxylic acids is 1. The normalized spacial score (nSPS) is 26.2. The fourth-order valence-electron chi connectivity index (χ4n) is 1.83. The molecule has 2 N–H and O–H groups in total. The van der Waals surface area contributed by atoms with E-state index in [1.807, 2.05) is 18.9 Å². The molecule has 0 radical (unpaired) electrons. The van der Waals surface area contributed by atoms with Crippen LogP contribution in [0.25, 0.3) is 0 Å². The van der Waals surface area contributed by atoms with Crippen LogP contribution in [0.2, 0.25) is 0 Å². The van der Waals surface area contributed by atoms with Crippen molar-refractivity contribution >= 4 is 5.91 Å². The van der Waals surface area contributed by atoms with Crippen molar-refractivity contribution in [1.29, 1.82) is 0 Å². The van der Waals surface area contributed by atoms with E-state index >= 15 is 0 Å². The second-order valence-corrected chi connectivity index (χ2v) is 4.23. The Labute approximate surface area is 80.3 Å². The van der Waals surface area contributed by atoms with Crippen molar-refractivity contribution in [1.82, 2.24) is 4.90 Å². The average Bonchev–Trinajstić information content (AvgIpc) is 2.07. The van der Waals surface area contributed by atoms with Crippen LogP contribution in [-0.2, 0) is 4.79 Å². The number of likely N-dealkylation sites (tertiary alicyclic amines) is 1. The number of nitrogens with two attached hydrogens (primary N) is 1. The molecule has 1 heterocycles. The maximum Gasteiger partial charge on any atom is 0.222 e. The summed E-state index contributed by atoms with van der Waals surface area (Å²) in [7, 11) is 1.89. The molecule has 1 aliphatic rings. The van der Waals surface area contributed by atoms with Crippen molar-refractivity contribution in [3.63, 3.8) is 0 Å². The smallest absolute Gasteiger partial charge is 0.222 e. The Morgan fingerprint density at radius 3 is 2.92 bits per heavy atom. The van der Waals surface area contributed by atoms with Gasteiger partial charge >= 0.3 is 0 Å². The van der Waals surface area contributed by atoms with E-state index < -0.39 is 0 Å². The van der Waals surface area contributed by atoms with Crippen molar-refractivity contribution in [2.24, 2.45) is 11.7 Å². The number of hydrogen-bond donors (Lipinski definition) is 1. The minimum absolute atomic E-state index is 0.289. The third kappa shape index (κ3) is 3.35. The largest absolute Gasteiger partial charge is 0.345 e. The number of piperidine rings is 1. The number of rotatable bonds is 3. The third-order valence-corrected chi connectivity index (χ3v) is 2.75. The first kappa shape index (κ1) is 10.5. The molecule has 2 unspecified atom stereocenters. The van der Waals surface area contributed by atoms with Crippen molar-refractivity contribution in [3.05, 3.63) is 0 Å². The van der Waals surface area contributed by atoms with Gasteiger partial charge in [0.05, 0.1) is 0 Å². The Balaban J connectivity index is 2.25. The maximum absolute atomic E-state index is 11.2. The van der Waals surface area contributed by atoms with Crippen molar-refractivity contribution < 1.29 is 4.79 Å². The molecule has 0 aromatic heterocycles. The lowest BCUT2D eigenvalue weighted by Crippen LogP contribution is -2.37. The molecule has 0 spiro atoms. The summed E-state index contributed by atoms with van der Waals surface area (Å²) < 4.78 is 0. The summed E-state index contributed by atoms with van der Waals surface area (Å²) in [6.45, 7) is 2.96. The zero-order chi connectivity index (χ0) is 9.84. The molecule has 3 heteroatoms. The molecule has 1 amide bonds. The van der Waals surface area contributed by atoms with Crippen LogP contribution in [-0.4, -0.2) is 30.4 Å². The summed E-state index contributed by atoms with van der Waals surface area (Å²) in [6.07, 6.45) is 4.01.